The molecule has 0 heterocycles. The number of allylic oxidation sites excluding steroid dienone is 1. The first-order chi connectivity index (χ1) is 4.13. The molecular formula is C7H10O2. The van der Waals surface area contributed by atoms with Crippen LogP contribution in [0.25, 0.3) is 0 Å². The standard InChI is InChI=1S/C7H10O2/c1-4-3-6(8)5(2)7(4)9/h3,5-6,8H,1-2H3. The Morgan fingerprint density at radius 2 is 2.22 bits per heavy atom. The van der Waals surface area contributed by atoms with Crippen LogP contribution in [0.2, 0.25) is 0 Å². The first-order valence-corrected chi connectivity index (χ1v) is 3.03. The second-order valence-electron chi connectivity index (χ2n) is 2.49. The number of hydrogen-bond acceptors (Lipinski definition) is 2. The smallest absolute Gasteiger partial charge is 0.164 e. The molecule has 0 aliphatic heterocycles. The second kappa shape index (κ2) is 1.95. The van der Waals surface area contributed by atoms with Gasteiger partial charge in [-0.2, -0.15) is 0 Å². The molecule has 0 aromatic carbocycles. The molecule has 1 rings (SSSR count). The number of Topliss-reactive ketones (excluding diaryl/α,β-unsaturated/α-hetero) is 1. The summed E-state index contributed by atoms with van der Waals surface area (Å²) in [4.78, 5) is 10.9. The highest BCUT2D eigenvalue weighted by Crippen LogP contribution is 2.19. The van der Waals surface area contributed by atoms with E-state index >= 15 is 0 Å². The van der Waals surface area contributed by atoms with E-state index in [1.54, 1.807) is 19.9 Å². The Balaban J connectivity index is 2.82. The van der Waals surface area contributed by atoms with Gasteiger partial charge in [-0.05, 0) is 18.6 Å². The number of aliphatic hydroxyl groups excluding tert-OH is 1. The Kier molecular flexibility index (Phi) is 1.41. The molecule has 50 valence electrons. The summed E-state index contributed by atoms with van der Waals surface area (Å²) in [6, 6.07) is 0. The van der Waals surface area contributed by atoms with E-state index in [4.69, 9.17) is 5.11 Å². The van der Waals surface area contributed by atoms with E-state index in [9.17, 15) is 4.79 Å². The lowest BCUT2D eigenvalue weighted by Crippen LogP contribution is -2.16. The minimum absolute atomic E-state index is 0.0718. The van der Waals surface area contributed by atoms with Crippen LogP contribution in [0.5, 0.6) is 0 Å². The highest BCUT2D eigenvalue weighted by molar-refractivity contribution is 5.99. The topological polar surface area (TPSA) is 37.3 Å². The molecule has 2 unspecified atom stereocenters. The van der Waals surface area contributed by atoms with Crippen LogP contribution < -0.4 is 0 Å². The van der Waals surface area contributed by atoms with E-state index in [2.05, 4.69) is 0 Å². The van der Waals surface area contributed by atoms with Gasteiger partial charge in [0.1, 0.15) is 0 Å². The Bertz CT molecular complexity index is 170. The monoisotopic (exact) mass is 126 g/mol. The second-order valence-corrected chi connectivity index (χ2v) is 2.49. The minimum Gasteiger partial charge on any atom is -0.388 e. The first-order valence-electron chi connectivity index (χ1n) is 3.03. The zero-order chi connectivity index (χ0) is 7.02. The normalized spacial score (nSPS) is 35.0. The fraction of sp³-hybridized carbons (Fsp3) is 0.571. The van der Waals surface area contributed by atoms with Crippen molar-refractivity contribution in [1.82, 2.24) is 0 Å². The van der Waals surface area contributed by atoms with Gasteiger partial charge in [0.05, 0.1) is 6.10 Å². The number of carbonyl (C=O) groups is 1. The fourth-order valence-corrected chi connectivity index (χ4v) is 0.997. The molecule has 1 aliphatic carbocycles. The molecule has 0 fully saturated rings. The van der Waals surface area contributed by atoms with E-state index in [0.29, 0.717) is 5.57 Å². The van der Waals surface area contributed by atoms with E-state index in [-0.39, 0.29) is 11.7 Å². The molecule has 0 radical (unpaired) electrons. The average molecular weight is 126 g/mol. The molecule has 0 saturated carbocycles. The summed E-state index contributed by atoms with van der Waals surface area (Å²) in [5, 5.41) is 9.04. The van der Waals surface area contributed by atoms with Gasteiger partial charge in [-0.15, -0.1) is 0 Å². The van der Waals surface area contributed by atoms with Crippen LogP contribution >= 0.6 is 0 Å². The van der Waals surface area contributed by atoms with E-state index in [0.717, 1.165) is 0 Å². The van der Waals surface area contributed by atoms with Crippen molar-refractivity contribution in [2.75, 3.05) is 0 Å². The van der Waals surface area contributed by atoms with Gasteiger partial charge in [-0.25, -0.2) is 0 Å². The molecule has 1 N–H and O–H groups in total. The third kappa shape index (κ3) is 0.900. The van der Waals surface area contributed by atoms with Crippen molar-refractivity contribution < 1.29 is 9.90 Å². The van der Waals surface area contributed by atoms with Crippen LogP contribution in [-0.2, 0) is 4.79 Å². The molecule has 9 heavy (non-hydrogen) atoms. The number of aliphatic hydroxyl groups is 1. The predicted molar refractivity (Wildman–Crippen MR) is 33.9 cm³/mol. The minimum atomic E-state index is -0.544. The molecule has 0 saturated heterocycles. The summed E-state index contributed by atoms with van der Waals surface area (Å²) in [7, 11) is 0. The maximum Gasteiger partial charge on any atom is 0.164 e. The van der Waals surface area contributed by atoms with Crippen molar-refractivity contribution in [2.45, 2.75) is 20.0 Å². The lowest BCUT2D eigenvalue weighted by molar-refractivity contribution is -0.119. The van der Waals surface area contributed by atoms with Crippen molar-refractivity contribution in [1.29, 1.82) is 0 Å². The molecule has 0 bridgehead atoms. The van der Waals surface area contributed by atoms with Crippen molar-refractivity contribution in [3.63, 3.8) is 0 Å². The van der Waals surface area contributed by atoms with Gasteiger partial charge < -0.3 is 5.11 Å². The lowest BCUT2D eigenvalue weighted by atomic mass is 10.1. The molecule has 2 nitrogen and oxygen atoms in total. The molecular weight excluding hydrogens is 116 g/mol. The maximum absolute atomic E-state index is 10.9. The number of ketones is 1. The van der Waals surface area contributed by atoms with Crippen LogP contribution in [0.3, 0.4) is 0 Å². The zero-order valence-electron chi connectivity index (χ0n) is 5.59. The Morgan fingerprint density at radius 1 is 1.67 bits per heavy atom. The summed E-state index contributed by atoms with van der Waals surface area (Å²) >= 11 is 0. The summed E-state index contributed by atoms with van der Waals surface area (Å²) in [5.41, 5.74) is 0.690. The molecule has 0 amide bonds. The molecule has 0 aromatic heterocycles. The van der Waals surface area contributed by atoms with Crippen LogP contribution in [0.15, 0.2) is 11.6 Å². The number of rotatable bonds is 0. The molecule has 0 spiro atoms. The average Bonchev–Trinajstić information content (AvgIpc) is 1.98. The summed E-state index contributed by atoms with van der Waals surface area (Å²) < 4.78 is 0. The van der Waals surface area contributed by atoms with E-state index in [1.807, 2.05) is 0 Å². The van der Waals surface area contributed by atoms with Crippen LogP contribution in [0, 0.1) is 5.92 Å². The van der Waals surface area contributed by atoms with Crippen LogP contribution in [0.1, 0.15) is 13.8 Å². The Hall–Kier alpha value is -0.630. The number of hydrogen-bond donors (Lipinski definition) is 1. The Morgan fingerprint density at radius 3 is 2.33 bits per heavy atom. The molecule has 1 aliphatic rings. The molecule has 2 heteroatoms. The van der Waals surface area contributed by atoms with Gasteiger partial charge in [0.2, 0.25) is 0 Å². The van der Waals surface area contributed by atoms with E-state index < -0.39 is 6.10 Å². The van der Waals surface area contributed by atoms with Crippen LogP contribution in [0.4, 0.5) is 0 Å². The van der Waals surface area contributed by atoms with E-state index in [1.165, 1.54) is 0 Å². The van der Waals surface area contributed by atoms with Gasteiger partial charge >= 0.3 is 0 Å². The van der Waals surface area contributed by atoms with Gasteiger partial charge in [0.25, 0.3) is 0 Å². The van der Waals surface area contributed by atoms with Crippen molar-refractivity contribution in [2.24, 2.45) is 5.92 Å². The SMILES string of the molecule is CC1=CC(O)C(C)C1=O. The Labute approximate surface area is 54.2 Å². The van der Waals surface area contributed by atoms with Gasteiger partial charge in [-0.1, -0.05) is 6.92 Å². The van der Waals surface area contributed by atoms with Crippen molar-refractivity contribution in [3.05, 3.63) is 11.6 Å². The highest BCUT2D eigenvalue weighted by atomic mass is 16.3. The summed E-state index contributed by atoms with van der Waals surface area (Å²) in [6.07, 6.45) is 1.06. The predicted octanol–water partition coefficient (Wildman–Crippen LogP) is 0.512. The quantitative estimate of drug-likeness (QED) is 0.513. The van der Waals surface area contributed by atoms with Gasteiger partial charge in [-0.3, -0.25) is 4.79 Å². The molecule has 0 aromatic rings. The van der Waals surface area contributed by atoms with Crippen molar-refractivity contribution in [3.8, 4) is 0 Å². The molecule has 2 atom stereocenters. The number of carbonyl (C=O) groups excluding carboxylic acids is 1. The largest absolute Gasteiger partial charge is 0.388 e. The first kappa shape index (κ1) is 6.49. The summed E-state index contributed by atoms with van der Waals surface area (Å²) in [5.74, 6) is -0.146. The lowest BCUT2D eigenvalue weighted by Gasteiger charge is -2.03. The maximum atomic E-state index is 10.9. The zero-order valence-corrected chi connectivity index (χ0v) is 5.59. The third-order valence-electron chi connectivity index (χ3n) is 1.74. The fourth-order valence-electron chi connectivity index (χ4n) is 0.997. The van der Waals surface area contributed by atoms with Gasteiger partial charge in [0, 0.05) is 5.92 Å². The van der Waals surface area contributed by atoms with Crippen molar-refractivity contribution >= 4 is 5.78 Å². The summed E-state index contributed by atoms with van der Waals surface area (Å²) in [6.45, 7) is 3.47. The highest BCUT2D eigenvalue weighted by Gasteiger charge is 2.27. The van der Waals surface area contributed by atoms with Gasteiger partial charge in [0.15, 0.2) is 5.78 Å². The van der Waals surface area contributed by atoms with Crippen LogP contribution in [-0.4, -0.2) is 17.0 Å². The third-order valence-corrected chi connectivity index (χ3v) is 1.74.